The van der Waals surface area contributed by atoms with Crippen molar-refractivity contribution in [1.29, 1.82) is 0 Å². The van der Waals surface area contributed by atoms with Crippen LogP contribution in [0.5, 0.6) is 0 Å². The highest BCUT2D eigenvalue weighted by Crippen LogP contribution is 2.41. The maximum atomic E-state index is 13.2. The molecule has 0 spiro atoms. The summed E-state index contributed by atoms with van der Waals surface area (Å²) in [5, 5.41) is 4.49. The van der Waals surface area contributed by atoms with Crippen molar-refractivity contribution in [1.82, 2.24) is 5.32 Å². The molecular formula is C17H22FNO. The van der Waals surface area contributed by atoms with E-state index in [1.807, 2.05) is 6.07 Å². The highest BCUT2D eigenvalue weighted by atomic mass is 19.1. The van der Waals surface area contributed by atoms with Gasteiger partial charge in [-0.15, -0.1) is 0 Å². The first-order chi connectivity index (χ1) is 9.69. The molecule has 0 radical (unpaired) electrons. The van der Waals surface area contributed by atoms with Gasteiger partial charge in [-0.05, 0) is 56.0 Å². The second-order valence-corrected chi connectivity index (χ2v) is 5.93. The molecule has 1 heterocycles. The van der Waals surface area contributed by atoms with Gasteiger partial charge < -0.3 is 9.73 Å². The van der Waals surface area contributed by atoms with Crippen LogP contribution < -0.4 is 5.32 Å². The Morgan fingerprint density at radius 1 is 1.30 bits per heavy atom. The van der Waals surface area contributed by atoms with Gasteiger partial charge in [-0.2, -0.15) is 0 Å². The minimum Gasteiger partial charge on any atom is -0.461 e. The first-order valence-electron chi connectivity index (χ1n) is 7.61. The molecule has 0 aliphatic heterocycles. The molecule has 3 heteroatoms. The van der Waals surface area contributed by atoms with Crippen molar-refractivity contribution in [3.63, 3.8) is 0 Å². The minimum atomic E-state index is -0.202. The van der Waals surface area contributed by atoms with E-state index in [4.69, 9.17) is 4.42 Å². The summed E-state index contributed by atoms with van der Waals surface area (Å²) < 4.78 is 19.2. The molecule has 1 aromatic heterocycles. The summed E-state index contributed by atoms with van der Waals surface area (Å²) in [7, 11) is 0. The van der Waals surface area contributed by atoms with Crippen LogP contribution in [-0.2, 0) is 0 Å². The van der Waals surface area contributed by atoms with Crippen LogP contribution in [0.3, 0.4) is 0 Å². The summed E-state index contributed by atoms with van der Waals surface area (Å²) >= 11 is 0. The molecule has 1 aromatic carbocycles. The summed E-state index contributed by atoms with van der Waals surface area (Å²) in [6, 6.07) is 7.32. The molecule has 0 amide bonds. The van der Waals surface area contributed by atoms with Crippen molar-refractivity contribution in [2.24, 2.45) is 5.92 Å². The highest BCUT2D eigenvalue weighted by Gasteiger charge is 2.35. The van der Waals surface area contributed by atoms with Crippen LogP contribution in [0.4, 0.5) is 4.39 Å². The Hall–Kier alpha value is -1.35. The molecule has 2 nitrogen and oxygen atoms in total. The van der Waals surface area contributed by atoms with Gasteiger partial charge in [0, 0.05) is 17.3 Å². The molecule has 108 valence electrons. The van der Waals surface area contributed by atoms with Gasteiger partial charge in [-0.3, -0.25) is 0 Å². The highest BCUT2D eigenvalue weighted by molar-refractivity contribution is 5.78. The molecule has 2 aromatic rings. The fourth-order valence-corrected chi connectivity index (χ4v) is 3.40. The molecule has 1 aliphatic carbocycles. The quantitative estimate of drug-likeness (QED) is 0.891. The first kappa shape index (κ1) is 13.6. The van der Waals surface area contributed by atoms with Crippen LogP contribution in [0.15, 0.2) is 28.7 Å². The molecule has 1 aliphatic rings. The van der Waals surface area contributed by atoms with E-state index in [2.05, 4.69) is 19.2 Å². The third-order valence-corrected chi connectivity index (χ3v) is 4.58. The molecule has 0 saturated heterocycles. The van der Waals surface area contributed by atoms with Crippen LogP contribution in [0, 0.1) is 11.7 Å². The van der Waals surface area contributed by atoms with Gasteiger partial charge >= 0.3 is 0 Å². The molecule has 20 heavy (non-hydrogen) atoms. The molecule has 1 N–H and O–H groups in total. The molecular weight excluding hydrogens is 253 g/mol. The summed E-state index contributed by atoms with van der Waals surface area (Å²) in [5.74, 6) is 1.82. The molecule has 1 fully saturated rings. The molecule has 3 unspecified atom stereocenters. The van der Waals surface area contributed by atoms with E-state index in [-0.39, 0.29) is 5.82 Å². The van der Waals surface area contributed by atoms with E-state index in [0.717, 1.165) is 36.1 Å². The standard InChI is InChI=1S/C17H22FNO/c1-3-8-19-15-6-5-14(11(15)2)17-10-12-9-13(18)4-7-16(12)20-17/h4,7,9-11,14-15,19H,3,5-6,8H2,1-2H3. The van der Waals surface area contributed by atoms with Gasteiger partial charge in [-0.1, -0.05) is 13.8 Å². The molecule has 1 saturated carbocycles. The fraction of sp³-hybridized carbons (Fsp3) is 0.529. The maximum Gasteiger partial charge on any atom is 0.134 e. The topological polar surface area (TPSA) is 25.2 Å². The SMILES string of the molecule is CCCNC1CCC(c2cc3cc(F)ccc3o2)C1C. The predicted octanol–water partition coefficient (Wildman–Crippen LogP) is 4.45. The van der Waals surface area contributed by atoms with Gasteiger partial charge in [0.15, 0.2) is 0 Å². The van der Waals surface area contributed by atoms with Crippen molar-refractivity contribution in [3.05, 3.63) is 35.8 Å². The van der Waals surface area contributed by atoms with Crippen molar-refractivity contribution in [3.8, 4) is 0 Å². The second-order valence-electron chi connectivity index (χ2n) is 5.93. The number of benzene rings is 1. The lowest BCUT2D eigenvalue weighted by Crippen LogP contribution is -2.32. The number of nitrogens with one attached hydrogen (secondary N) is 1. The Kier molecular flexibility index (Phi) is 3.79. The third-order valence-electron chi connectivity index (χ3n) is 4.58. The molecule has 3 rings (SSSR count). The van der Waals surface area contributed by atoms with Crippen LogP contribution in [-0.4, -0.2) is 12.6 Å². The summed E-state index contributed by atoms with van der Waals surface area (Å²) in [6.45, 7) is 5.56. The minimum absolute atomic E-state index is 0.202. The van der Waals surface area contributed by atoms with Gasteiger partial charge in [0.05, 0.1) is 0 Å². The third kappa shape index (κ3) is 2.47. The Bertz CT molecular complexity index is 592. The lowest BCUT2D eigenvalue weighted by atomic mass is 9.93. The van der Waals surface area contributed by atoms with Gasteiger partial charge in [0.2, 0.25) is 0 Å². The first-order valence-corrected chi connectivity index (χ1v) is 7.61. The smallest absolute Gasteiger partial charge is 0.134 e. The van der Waals surface area contributed by atoms with Crippen LogP contribution in [0.25, 0.3) is 11.0 Å². The zero-order valence-electron chi connectivity index (χ0n) is 12.2. The van der Waals surface area contributed by atoms with Crippen molar-refractivity contribution >= 4 is 11.0 Å². The largest absolute Gasteiger partial charge is 0.461 e. The second kappa shape index (κ2) is 5.57. The Labute approximate surface area is 119 Å². The van der Waals surface area contributed by atoms with Crippen LogP contribution in [0.1, 0.15) is 44.8 Å². The van der Waals surface area contributed by atoms with Crippen LogP contribution in [0.2, 0.25) is 0 Å². The number of hydrogen-bond acceptors (Lipinski definition) is 2. The van der Waals surface area contributed by atoms with Crippen molar-refractivity contribution < 1.29 is 8.81 Å². The van der Waals surface area contributed by atoms with E-state index >= 15 is 0 Å². The van der Waals surface area contributed by atoms with Gasteiger partial charge in [-0.25, -0.2) is 4.39 Å². The Balaban J connectivity index is 1.81. The van der Waals surface area contributed by atoms with Gasteiger partial charge in [0.25, 0.3) is 0 Å². The van der Waals surface area contributed by atoms with Crippen molar-refractivity contribution in [2.45, 2.75) is 45.1 Å². The number of furan rings is 1. The summed E-state index contributed by atoms with van der Waals surface area (Å²) in [6.07, 6.45) is 3.50. The lowest BCUT2D eigenvalue weighted by molar-refractivity contribution is 0.374. The lowest BCUT2D eigenvalue weighted by Gasteiger charge is -2.20. The number of rotatable bonds is 4. The number of fused-ring (bicyclic) bond motifs is 1. The number of hydrogen-bond donors (Lipinski definition) is 1. The fourth-order valence-electron chi connectivity index (χ4n) is 3.40. The maximum absolute atomic E-state index is 13.2. The van der Waals surface area contributed by atoms with Crippen LogP contribution >= 0.6 is 0 Å². The monoisotopic (exact) mass is 275 g/mol. The van der Waals surface area contributed by atoms with E-state index in [1.54, 1.807) is 12.1 Å². The molecule has 3 atom stereocenters. The van der Waals surface area contributed by atoms with E-state index in [0.29, 0.717) is 17.9 Å². The van der Waals surface area contributed by atoms with E-state index in [9.17, 15) is 4.39 Å². The van der Waals surface area contributed by atoms with Gasteiger partial charge in [0.1, 0.15) is 17.2 Å². The number of halogens is 1. The Morgan fingerprint density at radius 2 is 2.15 bits per heavy atom. The van der Waals surface area contributed by atoms with E-state index < -0.39 is 0 Å². The zero-order valence-corrected chi connectivity index (χ0v) is 12.2. The molecule has 0 bridgehead atoms. The Morgan fingerprint density at radius 3 is 2.95 bits per heavy atom. The van der Waals surface area contributed by atoms with Crippen molar-refractivity contribution in [2.75, 3.05) is 6.54 Å². The normalized spacial score (nSPS) is 26.4. The summed E-state index contributed by atoms with van der Waals surface area (Å²) in [5.41, 5.74) is 0.790. The summed E-state index contributed by atoms with van der Waals surface area (Å²) in [4.78, 5) is 0. The van der Waals surface area contributed by atoms with E-state index in [1.165, 1.54) is 12.5 Å². The zero-order chi connectivity index (χ0) is 14.1. The average molecular weight is 275 g/mol. The predicted molar refractivity (Wildman–Crippen MR) is 79.4 cm³/mol. The average Bonchev–Trinajstić information content (AvgIpc) is 2.99.